The molecule has 0 N–H and O–H groups in total. The Hall–Kier alpha value is -1.44. The van der Waals surface area contributed by atoms with E-state index in [-0.39, 0.29) is 0 Å². The second-order valence-corrected chi connectivity index (χ2v) is 3.47. The molecule has 2 heteroatoms. The van der Waals surface area contributed by atoms with Crippen molar-refractivity contribution in [3.63, 3.8) is 0 Å². The zero-order valence-corrected chi connectivity index (χ0v) is 10.2. The summed E-state index contributed by atoms with van der Waals surface area (Å²) in [4.78, 5) is 0. The molecule has 0 aliphatic carbocycles. The normalized spacial score (nSPS) is 9.88. The van der Waals surface area contributed by atoms with Gasteiger partial charge in [-0.05, 0) is 44.4 Å². The molecule has 0 aromatic heterocycles. The van der Waals surface area contributed by atoms with Crippen LogP contribution < -0.4 is 9.47 Å². The second-order valence-electron chi connectivity index (χ2n) is 3.47. The Morgan fingerprint density at radius 1 is 1.12 bits per heavy atom. The predicted molar refractivity (Wildman–Crippen MR) is 67.3 cm³/mol. The summed E-state index contributed by atoms with van der Waals surface area (Å²) < 4.78 is 11.1. The molecule has 0 fully saturated rings. The van der Waals surface area contributed by atoms with Gasteiger partial charge in [0.15, 0.2) is 11.5 Å². The molecule has 1 rings (SSSR count). The second kappa shape index (κ2) is 6.94. The average molecular weight is 220 g/mol. The molecule has 0 amide bonds. The third-order valence-corrected chi connectivity index (χ3v) is 2.24. The number of hydrogen-bond donors (Lipinski definition) is 0. The van der Waals surface area contributed by atoms with Crippen molar-refractivity contribution in [2.75, 3.05) is 13.2 Å². The van der Waals surface area contributed by atoms with Crippen molar-refractivity contribution in [2.24, 2.45) is 0 Å². The lowest BCUT2D eigenvalue weighted by molar-refractivity contribution is 0.287. The first-order valence-electron chi connectivity index (χ1n) is 5.81. The van der Waals surface area contributed by atoms with Gasteiger partial charge in [-0.15, -0.1) is 6.58 Å². The fraction of sp³-hybridized carbons (Fsp3) is 0.429. The van der Waals surface area contributed by atoms with Gasteiger partial charge in [-0.1, -0.05) is 12.1 Å². The van der Waals surface area contributed by atoms with Crippen molar-refractivity contribution in [3.8, 4) is 11.5 Å². The van der Waals surface area contributed by atoms with Crippen LogP contribution in [0.15, 0.2) is 30.9 Å². The van der Waals surface area contributed by atoms with E-state index < -0.39 is 0 Å². The molecular weight excluding hydrogens is 200 g/mol. The van der Waals surface area contributed by atoms with Crippen LogP contribution in [0.2, 0.25) is 0 Å². The quantitative estimate of drug-likeness (QED) is 0.654. The molecule has 1 aromatic carbocycles. The van der Waals surface area contributed by atoms with Crippen molar-refractivity contribution in [3.05, 3.63) is 36.4 Å². The Morgan fingerprint density at radius 2 is 1.81 bits per heavy atom. The summed E-state index contributed by atoms with van der Waals surface area (Å²) in [7, 11) is 0. The van der Waals surface area contributed by atoms with Gasteiger partial charge in [0.25, 0.3) is 0 Å². The van der Waals surface area contributed by atoms with Gasteiger partial charge in [-0.3, -0.25) is 0 Å². The molecule has 88 valence electrons. The van der Waals surface area contributed by atoms with Crippen LogP contribution in [0.3, 0.4) is 0 Å². The summed E-state index contributed by atoms with van der Waals surface area (Å²) in [6.07, 6.45) is 3.91. The highest BCUT2D eigenvalue weighted by Crippen LogP contribution is 2.28. The Morgan fingerprint density at radius 3 is 2.44 bits per heavy atom. The largest absolute Gasteiger partial charge is 0.490 e. The Balaban J connectivity index is 2.83. The topological polar surface area (TPSA) is 18.5 Å². The number of benzene rings is 1. The van der Waals surface area contributed by atoms with Crippen LogP contribution in [-0.2, 0) is 6.42 Å². The minimum atomic E-state index is 0.658. The predicted octanol–water partition coefficient (Wildman–Crippen LogP) is 3.60. The molecule has 0 saturated heterocycles. The zero-order valence-electron chi connectivity index (χ0n) is 10.2. The summed E-state index contributed by atoms with van der Waals surface area (Å²) in [6.45, 7) is 8.99. The maximum atomic E-state index is 5.56. The summed E-state index contributed by atoms with van der Waals surface area (Å²) in [5.41, 5.74) is 1.26. The molecule has 1 aromatic rings. The molecule has 0 heterocycles. The van der Waals surface area contributed by atoms with E-state index >= 15 is 0 Å². The van der Waals surface area contributed by atoms with Gasteiger partial charge in [-0.2, -0.15) is 0 Å². The molecule has 16 heavy (non-hydrogen) atoms. The van der Waals surface area contributed by atoms with Gasteiger partial charge < -0.3 is 9.47 Å². The molecule has 0 saturated carbocycles. The molecule has 0 bridgehead atoms. The van der Waals surface area contributed by atoms with Gasteiger partial charge in [0.2, 0.25) is 0 Å². The van der Waals surface area contributed by atoms with Gasteiger partial charge in [-0.25, -0.2) is 0 Å². The van der Waals surface area contributed by atoms with E-state index in [2.05, 4.69) is 18.7 Å². The highest BCUT2D eigenvalue weighted by molar-refractivity contribution is 5.43. The summed E-state index contributed by atoms with van der Waals surface area (Å²) >= 11 is 0. The van der Waals surface area contributed by atoms with Gasteiger partial charge in [0.1, 0.15) is 0 Å². The molecular formula is C14H20O2. The number of rotatable bonds is 7. The van der Waals surface area contributed by atoms with Crippen molar-refractivity contribution in [1.29, 1.82) is 0 Å². The van der Waals surface area contributed by atoms with E-state index in [0.717, 1.165) is 24.3 Å². The number of ether oxygens (including phenoxy) is 2. The molecule has 0 unspecified atom stereocenters. The Bertz CT molecular complexity index is 332. The van der Waals surface area contributed by atoms with E-state index in [1.54, 1.807) is 0 Å². The Labute approximate surface area is 97.9 Å². The van der Waals surface area contributed by atoms with Crippen molar-refractivity contribution < 1.29 is 9.47 Å². The smallest absolute Gasteiger partial charge is 0.161 e. The van der Waals surface area contributed by atoms with Crippen LogP contribution in [0.1, 0.15) is 25.8 Å². The van der Waals surface area contributed by atoms with Crippen molar-refractivity contribution in [1.82, 2.24) is 0 Å². The first kappa shape index (κ1) is 12.6. The summed E-state index contributed by atoms with van der Waals surface area (Å²) in [5.74, 6) is 1.66. The van der Waals surface area contributed by atoms with E-state index in [1.165, 1.54) is 5.56 Å². The van der Waals surface area contributed by atoms with E-state index in [4.69, 9.17) is 9.47 Å². The standard InChI is InChI=1S/C14H20O2/c1-4-7-8-12-9-10-13(15-5-2)14(11-12)16-6-3/h4,9-11H,1,5-8H2,2-3H3. The monoisotopic (exact) mass is 220 g/mol. The fourth-order valence-electron chi connectivity index (χ4n) is 1.52. The fourth-order valence-corrected chi connectivity index (χ4v) is 1.52. The Kier molecular flexibility index (Phi) is 5.48. The minimum Gasteiger partial charge on any atom is -0.490 e. The maximum absolute atomic E-state index is 5.56. The van der Waals surface area contributed by atoms with E-state index in [1.807, 2.05) is 26.0 Å². The number of hydrogen-bond acceptors (Lipinski definition) is 2. The zero-order chi connectivity index (χ0) is 11.8. The first-order chi connectivity index (χ1) is 7.81. The molecule has 0 aliphatic rings. The maximum Gasteiger partial charge on any atom is 0.161 e. The lowest BCUT2D eigenvalue weighted by atomic mass is 10.1. The van der Waals surface area contributed by atoms with E-state index in [0.29, 0.717) is 13.2 Å². The molecule has 0 aliphatic heterocycles. The lowest BCUT2D eigenvalue weighted by Crippen LogP contribution is -1.99. The van der Waals surface area contributed by atoms with Crippen LogP contribution in [0.4, 0.5) is 0 Å². The number of aryl methyl sites for hydroxylation is 1. The van der Waals surface area contributed by atoms with Crippen molar-refractivity contribution in [2.45, 2.75) is 26.7 Å². The van der Waals surface area contributed by atoms with Crippen LogP contribution in [0.5, 0.6) is 11.5 Å². The molecule has 0 spiro atoms. The molecule has 0 radical (unpaired) electrons. The minimum absolute atomic E-state index is 0.658. The first-order valence-corrected chi connectivity index (χ1v) is 5.81. The highest BCUT2D eigenvalue weighted by atomic mass is 16.5. The van der Waals surface area contributed by atoms with Crippen molar-refractivity contribution >= 4 is 0 Å². The van der Waals surface area contributed by atoms with Crippen LogP contribution in [-0.4, -0.2) is 13.2 Å². The van der Waals surface area contributed by atoms with Crippen LogP contribution in [0.25, 0.3) is 0 Å². The SMILES string of the molecule is C=CCCc1ccc(OCC)c(OCC)c1. The van der Waals surface area contributed by atoms with Gasteiger partial charge >= 0.3 is 0 Å². The lowest BCUT2D eigenvalue weighted by Gasteiger charge is -2.12. The average Bonchev–Trinajstić information content (AvgIpc) is 2.30. The number of allylic oxidation sites excluding steroid dienone is 1. The van der Waals surface area contributed by atoms with E-state index in [9.17, 15) is 0 Å². The van der Waals surface area contributed by atoms with Crippen LogP contribution >= 0.6 is 0 Å². The van der Waals surface area contributed by atoms with Gasteiger partial charge in [0, 0.05) is 0 Å². The van der Waals surface area contributed by atoms with Gasteiger partial charge in [0.05, 0.1) is 13.2 Å². The third-order valence-electron chi connectivity index (χ3n) is 2.24. The molecule has 2 nitrogen and oxygen atoms in total. The third kappa shape index (κ3) is 3.61. The summed E-state index contributed by atoms with van der Waals surface area (Å²) in [5, 5.41) is 0. The summed E-state index contributed by atoms with van der Waals surface area (Å²) in [6, 6.07) is 6.11. The highest BCUT2D eigenvalue weighted by Gasteiger charge is 2.05. The van der Waals surface area contributed by atoms with Crippen LogP contribution in [0, 0.1) is 0 Å². The molecule has 0 atom stereocenters.